The van der Waals surface area contributed by atoms with Gasteiger partial charge in [0.25, 0.3) is 0 Å². The van der Waals surface area contributed by atoms with Gasteiger partial charge in [0.2, 0.25) is 0 Å². The largest absolute Gasteiger partial charge is 0.343 e. The fraction of sp³-hybridized carbons (Fsp3) is 0.308. The number of rotatable bonds is 2. The number of aromatic nitrogens is 3. The van der Waals surface area contributed by atoms with Crippen molar-refractivity contribution >= 4 is 12.2 Å². The highest BCUT2D eigenvalue weighted by Crippen LogP contribution is 2.21. The predicted octanol–water partition coefficient (Wildman–Crippen LogP) is 3.63. The maximum absolute atomic E-state index is 5.35. The Kier molecular flexibility index (Phi) is 3.33. The molecule has 0 aliphatic heterocycles. The van der Waals surface area contributed by atoms with E-state index in [9.17, 15) is 0 Å². The molecule has 0 spiro atoms. The summed E-state index contributed by atoms with van der Waals surface area (Å²) in [6.07, 6.45) is 3.52. The molecule has 4 heteroatoms. The van der Waals surface area contributed by atoms with E-state index in [1.807, 2.05) is 19.1 Å². The van der Waals surface area contributed by atoms with Gasteiger partial charge in [0.15, 0.2) is 0 Å². The zero-order valence-corrected chi connectivity index (χ0v) is 11.0. The molecule has 0 saturated heterocycles. The summed E-state index contributed by atoms with van der Waals surface area (Å²) in [6.45, 7) is 6.28. The Labute approximate surface area is 106 Å². The standard InChI is InChI=1S/C13H15N3S/c1-8(2)11-9(3)15-12(16-13(11)17)10-5-4-6-14-7-10/h4-8H,1-3H3,(H,15,16,17). The second kappa shape index (κ2) is 4.75. The lowest BCUT2D eigenvalue weighted by molar-refractivity contribution is 0.825. The summed E-state index contributed by atoms with van der Waals surface area (Å²) in [5.41, 5.74) is 3.16. The zero-order valence-electron chi connectivity index (χ0n) is 10.2. The van der Waals surface area contributed by atoms with Crippen molar-refractivity contribution in [1.29, 1.82) is 0 Å². The van der Waals surface area contributed by atoms with Crippen molar-refractivity contribution in [2.75, 3.05) is 0 Å². The van der Waals surface area contributed by atoms with Crippen LogP contribution < -0.4 is 0 Å². The first-order valence-electron chi connectivity index (χ1n) is 5.61. The van der Waals surface area contributed by atoms with Crippen molar-refractivity contribution in [3.05, 3.63) is 40.4 Å². The molecule has 0 bridgehead atoms. The van der Waals surface area contributed by atoms with E-state index in [1.54, 1.807) is 12.4 Å². The second-order valence-corrected chi connectivity index (χ2v) is 4.71. The maximum atomic E-state index is 5.35. The van der Waals surface area contributed by atoms with Crippen molar-refractivity contribution < 1.29 is 0 Å². The number of nitrogens with one attached hydrogen (secondary N) is 1. The molecule has 0 saturated carbocycles. The molecule has 0 radical (unpaired) electrons. The highest BCUT2D eigenvalue weighted by Gasteiger charge is 2.09. The van der Waals surface area contributed by atoms with Crippen LogP contribution in [0.25, 0.3) is 11.4 Å². The highest BCUT2D eigenvalue weighted by molar-refractivity contribution is 7.71. The van der Waals surface area contributed by atoms with Crippen LogP contribution >= 0.6 is 12.2 Å². The monoisotopic (exact) mass is 245 g/mol. The zero-order chi connectivity index (χ0) is 12.4. The van der Waals surface area contributed by atoms with Gasteiger partial charge < -0.3 is 4.98 Å². The number of aromatic amines is 1. The van der Waals surface area contributed by atoms with Crippen molar-refractivity contribution in [2.45, 2.75) is 26.7 Å². The van der Waals surface area contributed by atoms with Crippen molar-refractivity contribution in [2.24, 2.45) is 0 Å². The maximum Gasteiger partial charge on any atom is 0.140 e. The smallest absolute Gasteiger partial charge is 0.140 e. The average Bonchev–Trinajstić information content (AvgIpc) is 2.28. The van der Waals surface area contributed by atoms with E-state index in [4.69, 9.17) is 12.2 Å². The van der Waals surface area contributed by atoms with Gasteiger partial charge in [-0.05, 0) is 25.0 Å². The van der Waals surface area contributed by atoms with Gasteiger partial charge in [0.1, 0.15) is 10.5 Å². The third-order valence-electron chi connectivity index (χ3n) is 2.67. The Balaban J connectivity index is 2.58. The molecule has 0 fully saturated rings. The van der Waals surface area contributed by atoms with E-state index in [0.29, 0.717) is 10.6 Å². The van der Waals surface area contributed by atoms with Crippen LogP contribution in [0.15, 0.2) is 24.5 Å². The van der Waals surface area contributed by atoms with Gasteiger partial charge in [-0.1, -0.05) is 26.1 Å². The van der Waals surface area contributed by atoms with E-state index >= 15 is 0 Å². The minimum Gasteiger partial charge on any atom is -0.343 e. The van der Waals surface area contributed by atoms with Crippen LogP contribution in [0.5, 0.6) is 0 Å². The van der Waals surface area contributed by atoms with Gasteiger partial charge >= 0.3 is 0 Å². The predicted molar refractivity (Wildman–Crippen MR) is 71.5 cm³/mol. The molecule has 0 aromatic carbocycles. The summed E-state index contributed by atoms with van der Waals surface area (Å²) >= 11 is 5.35. The number of pyridine rings is 1. The topological polar surface area (TPSA) is 41.6 Å². The second-order valence-electron chi connectivity index (χ2n) is 4.33. The van der Waals surface area contributed by atoms with Gasteiger partial charge in [0, 0.05) is 29.2 Å². The van der Waals surface area contributed by atoms with Crippen LogP contribution in [0.2, 0.25) is 0 Å². The molecule has 1 N–H and O–H groups in total. The summed E-state index contributed by atoms with van der Waals surface area (Å²) in [6, 6.07) is 3.86. The molecular weight excluding hydrogens is 230 g/mol. The molecule has 2 aromatic heterocycles. The van der Waals surface area contributed by atoms with E-state index in [-0.39, 0.29) is 0 Å². The fourth-order valence-corrected chi connectivity index (χ4v) is 2.39. The van der Waals surface area contributed by atoms with E-state index in [1.165, 1.54) is 0 Å². The first kappa shape index (κ1) is 11.9. The molecule has 0 amide bonds. The average molecular weight is 245 g/mol. The van der Waals surface area contributed by atoms with E-state index in [0.717, 1.165) is 22.6 Å². The van der Waals surface area contributed by atoms with Gasteiger partial charge in [-0.2, -0.15) is 0 Å². The van der Waals surface area contributed by atoms with Gasteiger partial charge in [0.05, 0.1) is 0 Å². The number of aryl methyl sites for hydroxylation is 1. The van der Waals surface area contributed by atoms with Gasteiger partial charge in [-0.25, -0.2) is 4.98 Å². The molecule has 17 heavy (non-hydrogen) atoms. The van der Waals surface area contributed by atoms with Crippen LogP contribution in [0, 0.1) is 11.6 Å². The van der Waals surface area contributed by atoms with E-state index in [2.05, 4.69) is 28.8 Å². The molecule has 2 rings (SSSR count). The SMILES string of the molecule is Cc1[nH]c(-c2cccnc2)nc(=S)c1C(C)C. The van der Waals surface area contributed by atoms with Crippen molar-refractivity contribution in [1.82, 2.24) is 15.0 Å². The lowest BCUT2D eigenvalue weighted by Crippen LogP contribution is -2.01. The summed E-state index contributed by atoms with van der Waals surface area (Å²) in [5.74, 6) is 1.17. The van der Waals surface area contributed by atoms with Crippen LogP contribution in [0.1, 0.15) is 31.0 Å². The Hall–Kier alpha value is -1.55. The van der Waals surface area contributed by atoms with E-state index < -0.39 is 0 Å². The Morgan fingerprint density at radius 2 is 2.12 bits per heavy atom. The molecular formula is C13H15N3S. The normalized spacial score (nSPS) is 10.8. The minimum absolute atomic E-state index is 0.384. The summed E-state index contributed by atoms with van der Waals surface area (Å²) in [7, 11) is 0. The number of hydrogen-bond acceptors (Lipinski definition) is 3. The van der Waals surface area contributed by atoms with Crippen molar-refractivity contribution in [3.63, 3.8) is 0 Å². The lowest BCUT2D eigenvalue weighted by atomic mass is 10.0. The number of hydrogen-bond donors (Lipinski definition) is 1. The van der Waals surface area contributed by atoms with Crippen LogP contribution in [-0.2, 0) is 0 Å². The van der Waals surface area contributed by atoms with Gasteiger partial charge in [-0.15, -0.1) is 0 Å². The number of nitrogens with zero attached hydrogens (tertiary/aromatic N) is 2. The lowest BCUT2D eigenvalue weighted by Gasteiger charge is -2.11. The molecule has 0 aliphatic rings. The minimum atomic E-state index is 0.384. The summed E-state index contributed by atoms with van der Waals surface area (Å²) < 4.78 is 0.676. The highest BCUT2D eigenvalue weighted by atomic mass is 32.1. The Morgan fingerprint density at radius 1 is 1.35 bits per heavy atom. The third kappa shape index (κ3) is 2.42. The molecule has 3 nitrogen and oxygen atoms in total. The molecule has 2 aromatic rings. The molecule has 0 unspecified atom stereocenters. The first-order valence-corrected chi connectivity index (χ1v) is 6.01. The van der Waals surface area contributed by atoms with Crippen LogP contribution in [-0.4, -0.2) is 15.0 Å². The molecule has 0 atom stereocenters. The first-order chi connectivity index (χ1) is 8.09. The Bertz CT molecular complexity index is 573. The third-order valence-corrected chi connectivity index (χ3v) is 2.98. The summed E-state index contributed by atoms with van der Waals surface area (Å²) in [5, 5.41) is 0. The Morgan fingerprint density at radius 3 is 2.65 bits per heavy atom. The molecule has 88 valence electrons. The van der Waals surface area contributed by atoms with Crippen molar-refractivity contribution in [3.8, 4) is 11.4 Å². The molecule has 0 aliphatic carbocycles. The van der Waals surface area contributed by atoms with Crippen LogP contribution in [0.3, 0.4) is 0 Å². The van der Waals surface area contributed by atoms with Crippen LogP contribution in [0.4, 0.5) is 0 Å². The number of H-pyrrole nitrogens is 1. The summed E-state index contributed by atoms with van der Waals surface area (Å²) in [4.78, 5) is 11.8. The van der Waals surface area contributed by atoms with Gasteiger partial charge in [-0.3, -0.25) is 4.98 Å². The quantitative estimate of drug-likeness (QED) is 0.821. The molecule has 2 heterocycles. The fourth-order valence-electron chi connectivity index (χ4n) is 1.91.